The molecule has 0 saturated carbocycles. The predicted molar refractivity (Wildman–Crippen MR) is 147 cm³/mol. The van der Waals surface area contributed by atoms with Crippen molar-refractivity contribution in [3.8, 4) is 0 Å². The molecule has 0 bridgehead atoms. The molecule has 196 valence electrons. The minimum absolute atomic E-state index is 0. The third-order valence-corrected chi connectivity index (χ3v) is 8.48. The van der Waals surface area contributed by atoms with Crippen LogP contribution in [0.1, 0.15) is 11.1 Å². The van der Waals surface area contributed by atoms with E-state index >= 15 is 0 Å². The fourth-order valence-electron chi connectivity index (χ4n) is 4.31. The minimum atomic E-state index is -3.79. The highest BCUT2D eigenvalue weighted by molar-refractivity contribution is 7.89. The summed E-state index contributed by atoms with van der Waals surface area (Å²) in [6, 6.07) is 18.1. The molecular formula is C26H28Cl2N4O4S. The van der Waals surface area contributed by atoms with E-state index in [1.165, 1.54) is 4.31 Å². The molecule has 0 atom stereocenters. The Labute approximate surface area is 227 Å². The van der Waals surface area contributed by atoms with Gasteiger partial charge in [0.1, 0.15) is 0 Å². The van der Waals surface area contributed by atoms with Gasteiger partial charge in [0.2, 0.25) is 15.9 Å². The summed E-state index contributed by atoms with van der Waals surface area (Å²) >= 11 is 6.03. The Kier molecular flexibility index (Phi) is 8.71. The third kappa shape index (κ3) is 6.42. The Hall–Kier alpha value is -2.69. The average Bonchev–Trinajstić information content (AvgIpc) is 2.89. The number of amides is 1. The molecule has 0 unspecified atom stereocenters. The van der Waals surface area contributed by atoms with Crippen molar-refractivity contribution in [2.75, 3.05) is 45.9 Å². The molecule has 11 heteroatoms. The fraction of sp³-hybridized carbons (Fsp3) is 0.308. The van der Waals surface area contributed by atoms with E-state index in [9.17, 15) is 13.2 Å². The van der Waals surface area contributed by atoms with E-state index in [0.29, 0.717) is 31.3 Å². The number of morpholine rings is 1. The number of rotatable bonds is 6. The largest absolute Gasteiger partial charge is 0.378 e. The number of ether oxygens (including phenoxy) is 1. The summed E-state index contributed by atoms with van der Waals surface area (Å²) in [5, 5.41) is 8.70. The minimum Gasteiger partial charge on any atom is -0.378 e. The summed E-state index contributed by atoms with van der Waals surface area (Å²) in [5.74, 6) is -0.213. The van der Waals surface area contributed by atoms with Gasteiger partial charge in [-0.2, -0.15) is 9.41 Å². The number of halogens is 2. The standard InChI is InChI=1S/C26H27ClN4O4S.ClH/c27-24-7-5-23-16-25(8-6-22(23)15-24)36(33,34)31-10-9-29(26(32)19-31)18-21-3-1-20(2-4-21)17-28-30-11-13-35-14-12-30;/h1-8,15-17H,9-14,18-19H2;1H. The fourth-order valence-corrected chi connectivity index (χ4v) is 5.91. The summed E-state index contributed by atoms with van der Waals surface area (Å²) in [6.07, 6.45) is 1.82. The molecule has 2 heterocycles. The maximum atomic E-state index is 13.2. The molecule has 2 fully saturated rings. The molecule has 2 saturated heterocycles. The van der Waals surface area contributed by atoms with Crippen LogP contribution in [-0.4, -0.2) is 80.7 Å². The van der Waals surface area contributed by atoms with E-state index in [4.69, 9.17) is 16.3 Å². The first-order valence-electron chi connectivity index (χ1n) is 11.8. The van der Waals surface area contributed by atoms with Gasteiger partial charge in [0.05, 0.1) is 44.0 Å². The molecule has 0 aliphatic carbocycles. The quantitative estimate of drug-likeness (QED) is 0.428. The number of hydrazone groups is 1. The van der Waals surface area contributed by atoms with E-state index in [2.05, 4.69) is 5.10 Å². The van der Waals surface area contributed by atoms with Crippen LogP contribution in [0.2, 0.25) is 5.02 Å². The maximum absolute atomic E-state index is 13.2. The first kappa shape index (κ1) is 27.3. The lowest BCUT2D eigenvalue weighted by Crippen LogP contribution is -2.51. The SMILES string of the molecule is Cl.O=C1CN(S(=O)(=O)c2ccc3cc(Cl)ccc3c2)CCN1Cc1ccc(C=NN2CCOCC2)cc1. The monoisotopic (exact) mass is 562 g/mol. The van der Waals surface area contributed by atoms with Crippen molar-refractivity contribution in [2.45, 2.75) is 11.4 Å². The van der Waals surface area contributed by atoms with Gasteiger partial charge in [-0.15, -0.1) is 12.4 Å². The van der Waals surface area contributed by atoms with E-state index in [-0.39, 0.29) is 36.3 Å². The highest BCUT2D eigenvalue weighted by Crippen LogP contribution is 2.25. The Morgan fingerprint density at radius 3 is 2.35 bits per heavy atom. The van der Waals surface area contributed by atoms with Crippen molar-refractivity contribution in [1.29, 1.82) is 0 Å². The van der Waals surface area contributed by atoms with Gasteiger partial charge in [0, 0.05) is 24.7 Å². The molecule has 2 aliphatic rings. The van der Waals surface area contributed by atoms with E-state index in [1.54, 1.807) is 41.3 Å². The van der Waals surface area contributed by atoms with Crippen molar-refractivity contribution >= 4 is 56.9 Å². The van der Waals surface area contributed by atoms with Crippen molar-refractivity contribution in [3.05, 3.63) is 76.8 Å². The lowest BCUT2D eigenvalue weighted by molar-refractivity contribution is -0.134. The van der Waals surface area contributed by atoms with Crippen LogP contribution >= 0.6 is 24.0 Å². The van der Waals surface area contributed by atoms with Crippen LogP contribution in [0.3, 0.4) is 0 Å². The maximum Gasteiger partial charge on any atom is 0.243 e. The van der Waals surface area contributed by atoms with Crippen LogP contribution in [0.25, 0.3) is 10.8 Å². The van der Waals surface area contributed by atoms with Crippen molar-refractivity contribution in [3.63, 3.8) is 0 Å². The molecule has 8 nitrogen and oxygen atoms in total. The summed E-state index contributed by atoms with van der Waals surface area (Å²) in [4.78, 5) is 14.7. The molecule has 2 aliphatic heterocycles. The van der Waals surface area contributed by atoms with Crippen LogP contribution in [0, 0.1) is 0 Å². The van der Waals surface area contributed by atoms with Crippen molar-refractivity contribution < 1.29 is 17.9 Å². The second-order valence-corrected chi connectivity index (χ2v) is 11.2. The Balaban J connectivity index is 0.00000320. The number of carbonyl (C=O) groups is 1. The number of nitrogens with zero attached hydrogens (tertiary/aromatic N) is 4. The zero-order chi connectivity index (χ0) is 25.1. The highest BCUT2D eigenvalue weighted by atomic mass is 35.5. The normalized spacial score (nSPS) is 17.4. The molecule has 1 amide bonds. The topological polar surface area (TPSA) is 82.5 Å². The Bertz CT molecular complexity index is 1390. The van der Waals surface area contributed by atoms with Crippen molar-refractivity contribution in [2.24, 2.45) is 5.10 Å². The first-order valence-corrected chi connectivity index (χ1v) is 13.6. The molecule has 3 aromatic carbocycles. The average molecular weight is 564 g/mol. The summed E-state index contributed by atoms with van der Waals surface area (Å²) in [6.45, 7) is 3.79. The number of benzene rings is 3. The molecule has 0 radical (unpaired) electrons. The van der Waals surface area contributed by atoms with Gasteiger partial charge >= 0.3 is 0 Å². The second kappa shape index (κ2) is 11.8. The lowest BCUT2D eigenvalue weighted by atomic mass is 10.1. The summed E-state index contributed by atoms with van der Waals surface area (Å²) in [5.41, 5.74) is 1.96. The van der Waals surface area contributed by atoms with Gasteiger partial charge in [-0.1, -0.05) is 48.0 Å². The number of carbonyl (C=O) groups excluding carboxylic acids is 1. The van der Waals surface area contributed by atoms with Gasteiger partial charge in [0.25, 0.3) is 0 Å². The first-order chi connectivity index (χ1) is 17.4. The van der Waals surface area contributed by atoms with E-state index in [1.807, 2.05) is 35.5 Å². The molecule has 5 rings (SSSR count). The predicted octanol–water partition coefficient (Wildman–Crippen LogP) is 3.61. The molecule has 0 aromatic heterocycles. The zero-order valence-corrected chi connectivity index (χ0v) is 22.5. The molecule has 0 N–H and O–H groups in total. The number of piperazine rings is 1. The van der Waals surface area contributed by atoms with Gasteiger partial charge in [-0.3, -0.25) is 9.80 Å². The smallest absolute Gasteiger partial charge is 0.243 e. The van der Waals surface area contributed by atoms with Crippen LogP contribution in [0.5, 0.6) is 0 Å². The third-order valence-electron chi connectivity index (χ3n) is 6.41. The van der Waals surface area contributed by atoms with Crippen molar-refractivity contribution in [1.82, 2.24) is 14.2 Å². The Morgan fingerprint density at radius 2 is 1.62 bits per heavy atom. The molecule has 3 aromatic rings. The summed E-state index contributed by atoms with van der Waals surface area (Å²) < 4.78 is 33.0. The zero-order valence-electron chi connectivity index (χ0n) is 20.1. The van der Waals surface area contributed by atoms with Gasteiger partial charge in [-0.25, -0.2) is 8.42 Å². The van der Waals surface area contributed by atoms with Gasteiger partial charge in [-0.05, 0) is 46.2 Å². The molecular weight excluding hydrogens is 535 g/mol. The Morgan fingerprint density at radius 1 is 0.919 bits per heavy atom. The van der Waals surface area contributed by atoms with Crippen LogP contribution in [0.4, 0.5) is 0 Å². The highest BCUT2D eigenvalue weighted by Gasteiger charge is 2.33. The van der Waals surface area contributed by atoms with Gasteiger partial charge in [0.15, 0.2) is 0 Å². The van der Waals surface area contributed by atoms with Crippen LogP contribution < -0.4 is 0 Å². The molecule has 37 heavy (non-hydrogen) atoms. The van der Waals surface area contributed by atoms with Crippen LogP contribution in [-0.2, 0) is 26.1 Å². The number of fused-ring (bicyclic) bond motifs is 1. The molecule has 0 spiro atoms. The number of hydrogen-bond donors (Lipinski definition) is 0. The number of sulfonamides is 1. The van der Waals surface area contributed by atoms with E-state index < -0.39 is 10.0 Å². The van der Waals surface area contributed by atoms with E-state index in [0.717, 1.165) is 35.0 Å². The second-order valence-electron chi connectivity index (χ2n) is 8.86. The lowest BCUT2D eigenvalue weighted by Gasteiger charge is -2.33. The van der Waals surface area contributed by atoms with Gasteiger partial charge < -0.3 is 9.64 Å². The van der Waals surface area contributed by atoms with Crippen LogP contribution in [0.15, 0.2) is 70.7 Å². The number of hydrogen-bond acceptors (Lipinski definition) is 6. The summed E-state index contributed by atoms with van der Waals surface area (Å²) in [7, 11) is -3.79.